The third kappa shape index (κ3) is 6.22. The molecule has 33 heavy (non-hydrogen) atoms. The van der Waals surface area contributed by atoms with Gasteiger partial charge < -0.3 is 9.47 Å². The molecule has 0 fully saturated rings. The zero-order chi connectivity index (χ0) is 24.2. The van der Waals surface area contributed by atoms with E-state index in [2.05, 4.69) is 47.6 Å². The van der Waals surface area contributed by atoms with Crippen molar-refractivity contribution in [2.24, 2.45) is 0 Å². The predicted molar refractivity (Wildman–Crippen MR) is 132 cm³/mol. The Morgan fingerprint density at radius 3 is 2.33 bits per heavy atom. The molecule has 176 valence electrons. The van der Waals surface area contributed by atoms with Gasteiger partial charge in [0.2, 0.25) is 15.9 Å². The molecule has 2 aromatic heterocycles. The van der Waals surface area contributed by atoms with E-state index in [1.165, 1.54) is 6.20 Å². The Balaban J connectivity index is 1.98. The molecule has 0 radical (unpaired) electrons. The van der Waals surface area contributed by atoms with E-state index in [1.54, 1.807) is 26.5 Å². The van der Waals surface area contributed by atoms with Crippen molar-refractivity contribution in [3.63, 3.8) is 0 Å². The van der Waals surface area contributed by atoms with Crippen molar-refractivity contribution in [2.75, 3.05) is 25.2 Å². The summed E-state index contributed by atoms with van der Waals surface area (Å²) in [6, 6.07) is 11.7. The first kappa shape index (κ1) is 24.5. The van der Waals surface area contributed by atoms with Gasteiger partial charge >= 0.3 is 0 Å². The number of rotatable bonds is 8. The lowest BCUT2D eigenvalue weighted by Crippen LogP contribution is -2.15. The molecule has 0 aliphatic carbocycles. The standard InChI is InChI=1S/C25H31N3O4S/c1-25(2,3)22-15-18(21-8-7-13-26-24(21)32-5)14-17(23(22)31-4)9-10-19-11-12-20(16-27-19)28-33(6,29)30/h7-8,11-16,28H,9-10H2,1-6H3. The fourth-order valence-electron chi connectivity index (χ4n) is 3.71. The summed E-state index contributed by atoms with van der Waals surface area (Å²) in [7, 11) is -0.0152. The summed E-state index contributed by atoms with van der Waals surface area (Å²) in [6.07, 6.45) is 5.74. The minimum absolute atomic E-state index is 0.136. The third-order valence-corrected chi connectivity index (χ3v) is 5.84. The molecule has 0 saturated heterocycles. The maximum absolute atomic E-state index is 11.4. The van der Waals surface area contributed by atoms with Crippen LogP contribution in [0.5, 0.6) is 11.6 Å². The third-order valence-electron chi connectivity index (χ3n) is 5.23. The van der Waals surface area contributed by atoms with E-state index in [0.29, 0.717) is 24.4 Å². The second-order valence-corrected chi connectivity index (χ2v) is 10.7. The van der Waals surface area contributed by atoms with Crippen LogP contribution in [0.15, 0.2) is 48.8 Å². The monoisotopic (exact) mass is 469 g/mol. The molecule has 0 aliphatic heterocycles. The van der Waals surface area contributed by atoms with Gasteiger partial charge in [0.05, 0.1) is 32.4 Å². The summed E-state index contributed by atoms with van der Waals surface area (Å²) in [6.45, 7) is 6.48. The van der Waals surface area contributed by atoms with E-state index >= 15 is 0 Å². The second kappa shape index (κ2) is 9.79. The van der Waals surface area contributed by atoms with E-state index < -0.39 is 10.0 Å². The van der Waals surface area contributed by atoms with Crippen LogP contribution in [0.1, 0.15) is 37.6 Å². The fourth-order valence-corrected chi connectivity index (χ4v) is 4.26. The first-order valence-electron chi connectivity index (χ1n) is 10.7. The highest BCUT2D eigenvalue weighted by Gasteiger charge is 2.23. The summed E-state index contributed by atoms with van der Waals surface area (Å²) in [5, 5.41) is 0. The number of pyridine rings is 2. The van der Waals surface area contributed by atoms with Gasteiger partial charge in [-0.2, -0.15) is 0 Å². The predicted octanol–water partition coefficient (Wildman–Crippen LogP) is 4.62. The molecule has 0 spiro atoms. The molecule has 3 rings (SSSR count). The first-order chi connectivity index (χ1) is 15.5. The van der Waals surface area contributed by atoms with E-state index in [9.17, 15) is 8.42 Å². The molecule has 0 unspecified atom stereocenters. The number of methoxy groups -OCH3 is 2. The van der Waals surface area contributed by atoms with Crippen LogP contribution in [0.2, 0.25) is 0 Å². The lowest BCUT2D eigenvalue weighted by molar-refractivity contribution is 0.392. The zero-order valence-corrected chi connectivity index (χ0v) is 20.8. The number of sulfonamides is 1. The van der Waals surface area contributed by atoms with Gasteiger partial charge in [0.15, 0.2) is 0 Å². The Morgan fingerprint density at radius 2 is 1.76 bits per heavy atom. The van der Waals surface area contributed by atoms with Crippen LogP contribution in [0.25, 0.3) is 11.1 Å². The quantitative estimate of drug-likeness (QED) is 0.518. The number of nitrogens with one attached hydrogen (secondary N) is 1. The fraction of sp³-hybridized carbons (Fsp3) is 0.360. The Labute approximate surface area is 196 Å². The van der Waals surface area contributed by atoms with Crippen LogP contribution in [-0.2, 0) is 28.3 Å². The molecule has 3 aromatic rings. The molecule has 0 aliphatic rings. The van der Waals surface area contributed by atoms with Gasteiger partial charge in [-0.1, -0.05) is 20.8 Å². The van der Waals surface area contributed by atoms with Gasteiger partial charge in [-0.25, -0.2) is 13.4 Å². The van der Waals surface area contributed by atoms with Crippen molar-refractivity contribution in [2.45, 2.75) is 39.0 Å². The Kier molecular flexibility index (Phi) is 7.27. The first-order valence-corrected chi connectivity index (χ1v) is 12.5. The van der Waals surface area contributed by atoms with Crippen molar-refractivity contribution in [3.05, 3.63) is 65.6 Å². The summed E-state index contributed by atoms with van der Waals surface area (Å²) in [4.78, 5) is 8.77. The van der Waals surface area contributed by atoms with E-state index in [-0.39, 0.29) is 5.41 Å². The smallest absolute Gasteiger partial charge is 0.229 e. The molecule has 0 saturated carbocycles. The SMILES string of the molecule is COc1ncccc1-c1cc(CCc2ccc(NS(C)(=O)=O)cn2)c(OC)c(C(C)(C)C)c1. The largest absolute Gasteiger partial charge is 0.496 e. The minimum atomic E-state index is -3.33. The Hall–Kier alpha value is -3.13. The molecular weight excluding hydrogens is 438 g/mol. The number of hydrogen-bond donors (Lipinski definition) is 1. The number of anilines is 1. The average molecular weight is 470 g/mol. The molecule has 7 nitrogen and oxygen atoms in total. The summed E-state index contributed by atoms with van der Waals surface area (Å²) >= 11 is 0. The van der Waals surface area contributed by atoms with Crippen molar-refractivity contribution in [1.82, 2.24) is 9.97 Å². The highest BCUT2D eigenvalue weighted by Crippen LogP contribution is 2.40. The maximum atomic E-state index is 11.4. The normalized spacial score (nSPS) is 11.8. The van der Waals surface area contributed by atoms with Gasteiger partial charge in [-0.3, -0.25) is 9.71 Å². The summed E-state index contributed by atoms with van der Waals surface area (Å²) in [5.74, 6) is 1.44. The minimum Gasteiger partial charge on any atom is -0.496 e. The van der Waals surface area contributed by atoms with Gasteiger partial charge in [0, 0.05) is 23.0 Å². The van der Waals surface area contributed by atoms with Crippen molar-refractivity contribution in [1.29, 1.82) is 0 Å². The van der Waals surface area contributed by atoms with Crippen molar-refractivity contribution < 1.29 is 17.9 Å². The average Bonchev–Trinajstić information content (AvgIpc) is 2.76. The van der Waals surface area contributed by atoms with Crippen molar-refractivity contribution in [3.8, 4) is 22.8 Å². The number of aromatic nitrogens is 2. The molecule has 1 aromatic carbocycles. The Morgan fingerprint density at radius 1 is 1.00 bits per heavy atom. The van der Waals surface area contributed by atoms with Crippen LogP contribution in [-0.4, -0.2) is 38.9 Å². The molecule has 8 heteroatoms. The van der Waals surface area contributed by atoms with E-state index in [4.69, 9.17) is 9.47 Å². The lowest BCUT2D eigenvalue weighted by Gasteiger charge is -2.25. The highest BCUT2D eigenvalue weighted by atomic mass is 32.2. The number of benzene rings is 1. The molecular formula is C25H31N3O4S. The van der Waals surface area contributed by atoms with Crippen LogP contribution in [0.4, 0.5) is 5.69 Å². The van der Waals surface area contributed by atoms with Crippen molar-refractivity contribution >= 4 is 15.7 Å². The van der Waals surface area contributed by atoms with Crippen LogP contribution < -0.4 is 14.2 Å². The van der Waals surface area contributed by atoms with Gasteiger partial charge in [-0.15, -0.1) is 0 Å². The van der Waals surface area contributed by atoms with Gasteiger partial charge in [0.25, 0.3) is 0 Å². The molecule has 1 N–H and O–H groups in total. The highest BCUT2D eigenvalue weighted by molar-refractivity contribution is 7.92. The maximum Gasteiger partial charge on any atom is 0.229 e. The van der Waals surface area contributed by atoms with E-state index in [0.717, 1.165) is 40.0 Å². The number of nitrogens with zero attached hydrogens (tertiary/aromatic N) is 2. The number of hydrogen-bond acceptors (Lipinski definition) is 6. The van der Waals surface area contributed by atoms with Crippen LogP contribution >= 0.6 is 0 Å². The topological polar surface area (TPSA) is 90.4 Å². The van der Waals surface area contributed by atoms with Crippen LogP contribution in [0, 0.1) is 0 Å². The Bertz CT molecular complexity index is 1220. The summed E-state index contributed by atoms with van der Waals surface area (Å²) in [5.41, 5.74) is 5.26. The van der Waals surface area contributed by atoms with Gasteiger partial charge in [0.1, 0.15) is 5.75 Å². The summed E-state index contributed by atoms with van der Waals surface area (Å²) < 4.78 is 36.6. The zero-order valence-electron chi connectivity index (χ0n) is 20.0. The molecule has 0 atom stereocenters. The van der Waals surface area contributed by atoms with Crippen LogP contribution in [0.3, 0.4) is 0 Å². The number of ether oxygens (including phenoxy) is 2. The van der Waals surface area contributed by atoms with E-state index in [1.807, 2.05) is 18.2 Å². The molecule has 2 heterocycles. The van der Waals surface area contributed by atoms with Gasteiger partial charge in [-0.05, 0) is 65.8 Å². The molecule has 0 amide bonds. The lowest BCUT2D eigenvalue weighted by atomic mass is 9.82. The number of aryl methyl sites for hydroxylation is 2. The second-order valence-electron chi connectivity index (χ2n) is 8.94. The molecule has 0 bridgehead atoms.